The standard InChI is InChI=1S/C17H20N4O5S/c1-12-3-5-13(6-4-12)10-20-17(22)11-19-15-8-7-14(27(25,26)18-2)9-16(15)21(23)24/h3-9,18-19H,10-11H2,1-2H3,(H,20,22). The van der Waals surface area contributed by atoms with Crippen LogP contribution in [0.1, 0.15) is 11.1 Å². The molecule has 3 N–H and O–H groups in total. The van der Waals surface area contributed by atoms with Gasteiger partial charge in [-0.05, 0) is 31.7 Å². The van der Waals surface area contributed by atoms with Crippen LogP contribution in [0.25, 0.3) is 0 Å². The quantitative estimate of drug-likeness (QED) is 0.461. The van der Waals surface area contributed by atoms with E-state index in [1.54, 1.807) is 0 Å². The van der Waals surface area contributed by atoms with E-state index in [1.165, 1.54) is 19.2 Å². The van der Waals surface area contributed by atoms with Gasteiger partial charge in [0, 0.05) is 12.6 Å². The van der Waals surface area contributed by atoms with Crippen LogP contribution >= 0.6 is 0 Å². The summed E-state index contributed by atoms with van der Waals surface area (Å²) in [5.74, 6) is -0.350. The molecule has 0 aromatic heterocycles. The molecule has 2 aromatic rings. The molecule has 0 fully saturated rings. The highest BCUT2D eigenvalue weighted by molar-refractivity contribution is 7.89. The smallest absolute Gasteiger partial charge is 0.293 e. The molecule has 10 heteroatoms. The van der Waals surface area contributed by atoms with Crippen molar-refractivity contribution < 1.29 is 18.1 Å². The van der Waals surface area contributed by atoms with Gasteiger partial charge >= 0.3 is 0 Å². The maximum Gasteiger partial charge on any atom is 0.293 e. The molecule has 0 radical (unpaired) electrons. The number of hydrogen-bond donors (Lipinski definition) is 3. The van der Waals surface area contributed by atoms with Gasteiger partial charge in [-0.15, -0.1) is 0 Å². The molecule has 0 saturated carbocycles. The van der Waals surface area contributed by atoms with Crippen LogP contribution in [-0.2, 0) is 21.4 Å². The Kier molecular flexibility index (Phi) is 6.48. The second-order valence-corrected chi connectivity index (χ2v) is 7.65. The Morgan fingerprint density at radius 3 is 2.41 bits per heavy atom. The van der Waals surface area contributed by atoms with Crippen LogP contribution in [0.3, 0.4) is 0 Å². The minimum atomic E-state index is -3.81. The Bertz CT molecular complexity index is 942. The van der Waals surface area contributed by atoms with E-state index in [4.69, 9.17) is 0 Å². The molecule has 0 aliphatic rings. The van der Waals surface area contributed by atoms with Gasteiger partial charge in [-0.3, -0.25) is 14.9 Å². The maximum absolute atomic E-state index is 12.0. The summed E-state index contributed by atoms with van der Waals surface area (Å²) < 4.78 is 25.6. The highest BCUT2D eigenvalue weighted by Gasteiger charge is 2.20. The van der Waals surface area contributed by atoms with Crippen LogP contribution < -0.4 is 15.4 Å². The minimum absolute atomic E-state index is 0.0561. The Hall–Kier alpha value is -2.98. The highest BCUT2D eigenvalue weighted by Crippen LogP contribution is 2.27. The van der Waals surface area contributed by atoms with Crippen LogP contribution in [0.2, 0.25) is 0 Å². The number of nitro benzene ring substituents is 1. The average Bonchev–Trinajstić information content (AvgIpc) is 2.65. The number of rotatable bonds is 8. The van der Waals surface area contributed by atoms with Crippen molar-refractivity contribution in [2.24, 2.45) is 0 Å². The van der Waals surface area contributed by atoms with E-state index >= 15 is 0 Å². The normalized spacial score (nSPS) is 11.0. The van der Waals surface area contributed by atoms with E-state index in [-0.39, 0.29) is 23.0 Å². The number of carbonyl (C=O) groups excluding carboxylic acids is 1. The second-order valence-electron chi connectivity index (χ2n) is 5.76. The maximum atomic E-state index is 12.0. The van der Waals surface area contributed by atoms with Gasteiger partial charge in [0.25, 0.3) is 5.69 Å². The summed E-state index contributed by atoms with van der Waals surface area (Å²) in [6.07, 6.45) is 0. The number of amides is 1. The number of nitro groups is 1. The Labute approximate surface area is 157 Å². The van der Waals surface area contributed by atoms with Crippen LogP contribution in [0.4, 0.5) is 11.4 Å². The topological polar surface area (TPSA) is 130 Å². The molecule has 0 spiro atoms. The van der Waals surface area contributed by atoms with Crippen molar-refractivity contribution in [2.75, 3.05) is 18.9 Å². The van der Waals surface area contributed by atoms with Crippen LogP contribution in [0.5, 0.6) is 0 Å². The van der Waals surface area contributed by atoms with Gasteiger partial charge in [-0.1, -0.05) is 29.8 Å². The molecule has 0 aliphatic heterocycles. The molecule has 27 heavy (non-hydrogen) atoms. The molecule has 0 aliphatic carbocycles. The Balaban J connectivity index is 2.02. The summed E-state index contributed by atoms with van der Waals surface area (Å²) in [5.41, 5.74) is 1.67. The van der Waals surface area contributed by atoms with Gasteiger partial charge in [0.05, 0.1) is 16.4 Å². The first-order chi connectivity index (χ1) is 12.7. The van der Waals surface area contributed by atoms with Gasteiger partial charge in [-0.25, -0.2) is 13.1 Å². The van der Waals surface area contributed by atoms with E-state index in [9.17, 15) is 23.3 Å². The number of anilines is 1. The van der Waals surface area contributed by atoms with Crippen LogP contribution in [0.15, 0.2) is 47.4 Å². The summed E-state index contributed by atoms with van der Waals surface area (Å²) in [6.45, 7) is 2.11. The van der Waals surface area contributed by atoms with Crippen LogP contribution in [-0.4, -0.2) is 32.8 Å². The van der Waals surface area contributed by atoms with E-state index in [0.29, 0.717) is 6.54 Å². The fraction of sp³-hybridized carbons (Fsp3) is 0.235. The predicted octanol–water partition coefficient (Wildman–Crippen LogP) is 1.54. The van der Waals surface area contributed by atoms with E-state index in [1.807, 2.05) is 31.2 Å². The molecule has 2 aromatic carbocycles. The fourth-order valence-corrected chi connectivity index (χ4v) is 2.99. The first kappa shape index (κ1) is 20.3. The molecule has 2 rings (SSSR count). The number of hydrogen-bond acceptors (Lipinski definition) is 6. The lowest BCUT2D eigenvalue weighted by Crippen LogP contribution is -2.29. The lowest BCUT2D eigenvalue weighted by molar-refractivity contribution is -0.384. The van der Waals surface area contributed by atoms with E-state index in [0.717, 1.165) is 17.2 Å². The molecule has 0 saturated heterocycles. The van der Waals surface area contributed by atoms with Crippen molar-refractivity contribution in [1.82, 2.24) is 10.0 Å². The summed E-state index contributed by atoms with van der Waals surface area (Å²) in [6, 6.07) is 11.1. The number of benzene rings is 2. The average molecular weight is 392 g/mol. The second kappa shape index (κ2) is 8.60. The third kappa shape index (κ3) is 5.50. The molecule has 0 bridgehead atoms. The molecule has 144 valence electrons. The summed E-state index contributed by atoms with van der Waals surface area (Å²) in [5, 5.41) is 16.6. The third-order valence-corrected chi connectivity index (χ3v) is 5.21. The lowest BCUT2D eigenvalue weighted by atomic mass is 10.1. The largest absolute Gasteiger partial charge is 0.371 e. The number of aryl methyl sites for hydroxylation is 1. The monoisotopic (exact) mass is 392 g/mol. The van der Waals surface area contributed by atoms with Crippen molar-refractivity contribution in [3.63, 3.8) is 0 Å². The lowest BCUT2D eigenvalue weighted by Gasteiger charge is -2.10. The van der Waals surface area contributed by atoms with Gasteiger partial charge in [0.2, 0.25) is 15.9 Å². The van der Waals surface area contributed by atoms with Gasteiger partial charge in [0.15, 0.2) is 0 Å². The number of sulfonamides is 1. The minimum Gasteiger partial charge on any atom is -0.371 e. The summed E-state index contributed by atoms with van der Waals surface area (Å²) >= 11 is 0. The van der Waals surface area contributed by atoms with Crippen molar-refractivity contribution >= 4 is 27.3 Å². The Morgan fingerprint density at radius 2 is 1.81 bits per heavy atom. The van der Waals surface area contributed by atoms with E-state index < -0.39 is 20.6 Å². The molecular weight excluding hydrogens is 372 g/mol. The first-order valence-electron chi connectivity index (χ1n) is 8.01. The SMILES string of the molecule is CNS(=O)(=O)c1ccc(NCC(=O)NCc2ccc(C)cc2)c([N+](=O)[O-])c1. The van der Waals surface area contributed by atoms with Crippen molar-refractivity contribution in [1.29, 1.82) is 0 Å². The van der Waals surface area contributed by atoms with Crippen molar-refractivity contribution in [2.45, 2.75) is 18.4 Å². The zero-order chi connectivity index (χ0) is 20.0. The van der Waals surface area contributed by atoms with E-state index in [2.05, 4.69) is 15.4 Å². The predicted molar refractivity (Wildman–Crippen MR) is 101 cm³/mol. The molecular formula is C17H20N4O5S. The highest BCUT2D eigenvalue weighted by atomic mass is 32.2. The molecule has 1 amide bonds. The number of nitrogens with one attached hydrogen (secondary N) is 3. The summed E-state index contributed by atoms with van der Waals surface area (Å²) in [4.78, 5) is 22.2. The zero-order valence-corrected chi connectivity index (χ0v) is 15.7. The van der Waals surface area contributed by atoms with Gasteiger partial charge < -0.3 is 10.6 Å². The van der Waals surface area contributed by atoms with Crippen LogP contribution in [0, 0.1) is 17.0 Å². The summed E-state index contributed by atoms with van der Waals surface area (Å²) in [7, 11) is -2.59. The molecule has 0 heterocycles. The molecule has 0 atom stereocenters. The number of nitrogens with zero attached hydrogens (tertiary/aromatic N) is 1. The third-order valence-electron chi connectivity index (χ3n) is 3.79. The molecule has 9 nitrogen and oxygen atoms in total. The zero-order valence-electron chi connectivity index (χ0n) is 14.9. The first-order valence-corrected chi connectivity index (χ1v) is 9.49. The van der Waals surface area contributed by atoms with Crippen molar-refractivity contribution in [3.8, 4) is 0 Å². The van der Waals surface area contributed by atoms with Crippen molar-refractivity contribution in [3.05, 3.63) is 63.7 Å². The fourth-order valence-electron chi connectivity index (χ4n) is 2.24. The Morgan fingerprint density at radius 1 is 1.15 bits per heavy atom. The van der Waals surface area contributed by atoms with Gasteiger partial charge in [-0.2, -0.15) is 0 Å². The molecule has 0 unspecified atom stereocenters. The number of carbonyl (C=O) groups is 1. The van der Waals surface area contributed by atoms with Gasteiger partial charge in [0.1, 0.15) is 5.69 Å².